The molecule has 120 valence electrons. The van der Waals surface area contributed by atoms with Gasteiger partial charge in [0.25, 0.3) is 0 Å². The minimum atomic E-state index is 0.453. The minimum Gasteiger partial charge on any atom is -0.310 e. The maximum Gasteiger partial charge on any atom is 0.00946 e. The van der Waals surface area contributed by atoms with E-state index < -0.39 is 0 Å². The number of allylic oxidation sites excluding steroid dienone is 2. The monoisotopic (exact) mass is 297 g/mol. The van der Waals surface area contributed by atoms with Gasteiger partial charge >= 0.3 is 0 Å². The molecule has 0 heterocycles. The van der Waals surface area contributed by atoms with Crippen LogP contribution in [0.4, 0.5) is 0 Å². The Morgan fingerprint density at radius 2 is 1.91 bits per heavy atom. The van der Waals surface area contributed by atoms with Crippen molar-refractivity contribution in [1.82, 2.24) is 0 Å². The fourth-order valence-corrected chi connectivity index (χ4v) is 8.21. The molecule has 5 aliphatic rings. The van der Waals surface area contributed by atoms with Crippen molar-refractivity contribution in [2.75, 3.05) is 0 Å². The van der Waals surface area contributed by atoms with E-state index in [2.05, 4.69) is 20.8 Å². The van der Waals surface area contributed by atoms with Crippen molar-refractivity contribution >= 4 is 5.71 Å². The van der Waals surface area contributed by atoms with Crippen LogP contribution < -0.4 is 0 Å². The molecule has 3 fully saturated rings. The van der Waals surface area contributed by atoms with Gasteiger partial charge in [0.05, 0.1) is 0 Å². The smallest absolute Gasteiger partial charge is 0.00946 e. The Kier molecular flexibility index (Phi) is 2.56. The standard InChI is InChI=1S/C21H31N/c1-12(22)16-6-7-17-15-11-14-13-5-4-9-21(3,19(13)14)18(15)8-10-20(16,17)2/h14-18,22H,4-11H2,1-3H3. The van der Waals surface area contributed by atoms with Gasteiger partial charge in [0.15, 0.2) is 0 Å². The fraction of sp³-hybridized carbons (Fsp3) is 0.857. The second kappa shape index (κ2) is 4.08. The van der Waals surface area contributed by atoms with Gasteiger partial charge in [-0.15, -0.1) is 0 Å². The van der Waals surface area contributed by atoms with Crippen LogP contribution in [0, 0.1) is 45.8 Å². The average molecular weight is 297 g/mol. The van der Waals surface area contributed by atoms with E-state index in [1.54, 1.807) is 0 Å². The zero-order valence-corrected chi connectivity index (χ0v) is 14.5. The Hall–Kier alpha value is -0.590. The van der Waals surface area contributed by atoms with E-state index in [9.17, 15) is 0 Å². The number of rotatable bonds is 1. The quantitative estimate of drug-likeness (QED) is 0.481. The van der Waals surface area contributed by atoms with Gasteiger partial charge in [0, 0.05) is 17.5 Å². The second-order valence-electron chi connectivity index (χ2n) is 9.73. The Labute approximate surface area is 135 Å². The van der Waals surface area contributed by atoms with Gasteiger partial charge in [-0.1, -0.05) is 25.0 Å². The first kappa shape index (κ1) is 13.8. The van der Waals surface area contributed by atoms with E-state index in [0.717, 1.165) is 29.4 Å². The first-order valence-corrected chi connectivity index (χ1v) is 9.75. The Morgan fingerprint density at radius 3 is 2.68 bits per heavy atom. The number of hydrogen-bond acceptors (Lipinski definition) is 1. The van der Waals surface area contributed by atoms with Crippen LogP contribution in [-0.4, -0.2) is 5.71 Å². The largest absolute Gasteiger partial charge is 0.310 e. The summed E-state index contributed by atoms with van der Waals surface area (Å²) in [5.74, 6) is 4.38. The fourth-order valence-electron chi connectivity index (χ4n) is 8.21. The van der Waals surface area contributed by atoms with E-state index >= 15 is 0 Å². The summed E-state index contributed by atoms with van der Waals surface area (Å²) in [7, 11) is 0. The molecule has 1 heteroatoms. The van der Waals surface area contributed by atoms with Gasteiger partial charge in [0.2, 0.25) is 0 Å². The summed E-state index contributed by atoms with van der Waals surface area (Å²) in [5, 5.41) is 8.27. The molecule has 1 N–H and O–H groups in total. The molecule has 0 bridgehead atoms. The Bertz CT molecular complexity index is 587. The molecule has 7 unspecified atom stereocenters. The first-order chi connectivity index (χ1) is 10.5. The third kappa shape index (κ3) is 1.45. The first-order valence-electron chi connectivity index (χ1n) is 9.75. The maximum absolute atomic E-state index is 8.27. The Balaban J connectivity index is 1.52. The average Bonchev–Trinajstić information content (AvgIpc) is 3.04. The SMILES string of the molecule is CC(=N)C1CCC2C3CC4C5=C4C(C)(CCC5)C3CCC12C. The van der Waals surface area contributed by atoms with Gasteiger partial charge < -0.3 is 5.41 Å². The summed E-state index contributed by atoms with van der Waals surface area (Å²) >= 11 is 0. The summed E-state index contributed by atoms with van der Waals surface area (Å²) in [6.45, 7) is 7.26. The van der Waals surface area contributed by atoms with Crippen molar-refractivity contribution in [3.05, 3.63) is 11.1 Å². The highest BCUT2D eigenvalue weighted by Gasteiger charge is 2.64. The van der Waals surface area contributed by atoms with Crippen molar-refractivity contribution in [3.63, 3.8) is 0 Å². The zero-order valence-electron chi connectivity index (χ0n) is 14.5. The lowest BCUT2D eigenvalue weighted by molar-refractivity contribution is -0.0395. The highest BCUT2D eigenvalue weighted by Crippen LogP contribution is 2.73. The molecule has 5 rings (SSSR count). The molecular formula is C21H31N. The van der Waals surface area contributed by atoms with Crippen LogP contribution in [-0.2, 0) is 0 Å². The summed E-state index contributed by atoms with van der Waals surface area (Å²) in [4.78, 5) is 0. The summed E-state index contributed by atoms with van der Waals surface area (Å²) < 4.78 is 0. The van der Waals surface area contributed by atoms with Crippen molar-refractivity contribution in [1.29, 1.82) is 5.41 Å². The molecule has 1 nitrogen and oxygen atoms in total. The molecule has 3 saturated carbocycles. The summed E-state index contributed by atoms with van der Waals surface area (Å²) in [6.07, 6.45) is 11.4. The zero-order chi connectivity index (χ0) is 15.3. The van der Waals surface area contributed by atoms with E-state index in [4.69, 9.17) is 5.41 Å². The third-order valence-corrected chi connectivity index (χ3v) is 9.08. The normalized spacial score (nSPS) is 55.3. The lowest BCUT2D eigenvalue weighted by atomic mass is 9.48. The second-order valence-corrected chi connectivity index (χ2v) is 9.73. The number of nitrogens with one attached hydrogen (secondary N) is 1. The van der Waals surface area contributed by atoms with Crippen LogP contribution in [0.3, 0.4) is 0 Å². The highest BCUT2D eigenvalue weighted by molar-refractivity contribution is 5.82. The summed E-state index contributed by atoms with van der Waals surface area (Å²) in [6, 6.07) is 0. The van der Waals surface area contributed by atoms with Crippen molar-refractivity contribution in [2.24, 2.45) is 40.4 Å². The van der Waals surface area contributed by atoms with E-state index in [-0.39, 0.29) is 0 Å². The topological polar surface area (TPSA) is 23.9 Å². The molecule has 0 aromatic rings. The molecule has 0 saturated heterocycles. The molecule has 0 aromatic carbocycles. The lowest BCUT2D eigenvalue weighted by Crippen LogP contribution is -2.49. The molecule has 0 spiro atoms. The van der Waals surface area contributed by atoms with E-state index in [1.165, 1.54) is 51.4 Å². The van der Waals surface area contributed by atoms with Crippen molar-refractivity contribution in [3.8, 4) is 0 Å². The lowest BCUT2D eigenvalue weighted by Gasteiger charge is -2.56. The maximum atomic E-state index is 8.27. The van der Waals surface area contributed by atoms with Gasteiger partial charge in [-0.3, -0.25) is 0 Å². The molecule has 0 aromatic heterocycles. The molecule has 0 amide bonds. The third-order valence-electron chi connectivity index (χ3n) is 9.08. The highest BCUT2D eigenvalue weighted by atomic mass is 14.7. The van der Waals surface area contributed by atoms with Gasteiger partial charge in [-0.25, -0.2) is 0 Å². The molecule has 5 aliphatic carbocycles. The van der Waals surface area contributed by atoms with Crippen LogP contribution in [0.2, 0.25) is 0 Å². The van der Waals surface area contributed by atoms with E-state index in [0.29, 0.717) is 16.7 Å². The molecule has 7 atom stereocenters. The molecule has 0 radical (unpaired) electrons. The van der Waals surface area contributed by atoms with Crippen molar-refractivity contribution in [2.45, 2.75) is 72.1 Å². The predicted molar refractivity (Wildman–Crippen MR) is 91.0 cm³/mol. The number of fused-ring (bicyclic) bond motifs is 5. The minimum absolute atomic E-state index is 0.453. The summed E-state index contributed by atoms with van der Waals surface area (Å²) in [5.41, 5.74) is 5.86. The van der Waals surface area contributed by atoms with Gasteiger partial charge in [0.1, 0.15) is 0 Å². The predicted octanol–water partition coefficient (Wildman–Crippen LogP) is 5.61. The van der Waals surface area contributed by atoms with Gasteiger partial charge in [-0.2, -0.15) is 0 Å². The molecular weight excluding hydrogens is 266 g/mol. The number of hydrogen-bond donors (Lipinski definition) is 1. The molecule has 0 aliphatic heterocycles. The van der Waals surface area contributed by atoms with Gasteiger partial charge in [-0.05, 0) is 86.9 Å². The van der Waals surface area contributed by atoms with Crippen LogP contribution in [0.25, 0.3) is 0 Å². The van der Waals surface area contributed by atoms with Crippen LogP contribution in [0.15, 0.2) is 11.1 Å². The van der Waals surface area contributed by atoms with Crippen LogP contribution in [0.1, 0.15) is 72.1 Å². The van der Waals surface area contributed by atoms with Crippen LogP contribution >= 0.6 is 0 Å². The molecule has 22 heavy (non-hydrogen) atoms. The van der Waals surface area contributed by atoms with Crippen molar-refractivity contribution < 1.29 is 0 Å². The Morgan fingerprint density at radius 1 is 1.09 bits per heavy atom. The van der Waals surface area contributed by atoms with Crippen LogP contribution in [0.5, 0.6) is 0 Å². The van der Waals surface area contributed by atoms with E-state index in [1.807, 2.05) is 11.1 Å².